The first kappa shape index (κ1) is 16.7. The highest BCUT2D eigenvalue weighted by atomic mass is 32.2. The van der Waals surface area contributed by atoms with Crippen molar-refractivity contribution >= 4 is 23.7 Å². The van der Waals surface area contributed by atoms with Crippen molar-refractivity contribution in [1.29, 1.82) is 0 Å². The van der Waals surface area contributed by atoms with Gasteiger partial charge in [0.25, 0.3) is 0 Å². The molecule has 2 rings (SSSR count). The summed E-state index contributed by atoms with van der Waals surface area (Å²) in [5, 5.41) is 6.78. The molecule has 1 aromatic rings. The molecule has 122 valence electrons. The molecule has 0 bridgehead atoms. The number of rotatable bonds is 7. The minimum absolute atomic E-state index is 0.0393. The van der Waals surface area contributed by atoms with Crippen molar-refractivity contribution in [3.8, 4) is 0 Å². The number of likely N-dealkylation sites (tertiary alicyclic amines) is 1. The van der Waals surface area contributed by atoms with Crippen molar-refractivity contribution in [2.45, 2.75) is 37.9 Å². The van der Waals surface area contributed by atoms with E-state index in [9.17, 15) is 9.59 Å². The summed E-state index contributed by atoms with van der Waals surface area (Å²) in [6, 6.07) is 0.807. The van der Waals surface area contributed by atoms with Gasteiger partial charge in [-0.3, -0.25) is 9.48 Å². The van der Waals surface area contributed by atoms with Crippen molar-refractivity contribution in [3.05, 3.63) is 18.5 Å². The van der Waals surface area contributed by atoms with Crippen molar-refractivity contribution < 1.29 is 9.59 Å². The number of aromatic nitrogens is 2. The standard InChI is InChI=1S/C14H23N5O2S/c1-22-9-5-12(17-14(15)21)13(20)19-8-2-4-11(19)10-18-7-3-6-16-18/h3,6-7,11-12H,2,4-5,8-10H2,1H3,(H3,15,17,21). The molecule has 2 heterocycles. The van der Waals surface area contributed by atoms with E-state index in [1.54, 1.807) is 18.0 Å². The zero-order valence-corrected chi connectivity index (χ0v) is 13.6. The van der Waals surface area contributed by atoms with Crippen LogP contribution in [0.1, 0.15) is 19.3 Å². The van der Waals surface area contributed by atoms with Crippen LogP contribution in [0.25, 0.3) is 0 Å². The molecule has 8 heteroatoms. The van der Waals surface area contributed by atoms with Crippen molar-refractivity contribution in [2.24, 2.45) is 5.73 Å². The zero-order valence-electron chi connectivity index (χ0n) is 12.8. The number of primary amides is 1. The van der Waals surface area contributed by atoms with Gasteiger partial charge in [0.2, 0.25) is 5.91 Å². The number of thioether (sulfide) groups is 1. The molecular formula is C14H23N5O2S. The molecule has 1 saturated heterocycles. The van der Waals surface area contributed by atoms with Gasteiger partial charge in [0.05, 0.1) is 12.6 Å². The van der Waals surface area contributed by atoms with Crippen LogP contribution in [0.3, 0.4) is 0 Å². The molecule has 1 aliphatic rings. The second kappa shape index (κ2) is 8.07. The predicted molar refractivity (Wildman–Crippen MR) is 86.5 cm³/mol. The van der Waals surface area contributed by atoms with Gasteiger partial charge in [-0.2, -0.15) is 16.9 Å². The van der Waals surface area contributed by atoms with Crippen LogP contribution < -0.4 is 11.1 Å². The molecule has 0 spiro atoms. The minimum Gasteiger partial charge on any atom is -0.352 e. The lowest BCUT2D eigenvalue weighted by Crippen LogP contribution is -2.52. The fraction of sp³-hybridized carbons (Fsp3) is 0.643. The van der Waals surface area contributed by atoms with Crippen LogP contribution >= 0.6 is 11.8 Å². The number of carbonyl (C=O) groups excluding carboxylic acids is 2. The molecule has 0 aliphatic carbocycles. The number of carbonyl (C=O) groups is 2. The van der Waals surface area contributed by atoms with Gasteiger partial charge >= 0.3 is 6.03 Å². The Kier molecular flexibility index (Phi) is 6.11. The Hall–Kier alpha value is -1.70. The van der Waals surface area contributed by atoms with Crippen molar-refractivity contribution in [2.75, 3.05) is 18.6 Å². The summed E-state index contributed by atoms with van der Waals surface area (Å²) in [4.78, 5) is 25.8. The van der Waals surface area contributed by atoms with Crippen LogP contribution in [-0.2, 0) is 11.3 Å². The SMILES string of the molecule is CSCCC(NC(N)=O)C(=O)N1CCCC1Cn1cccn1. The lowest BCUT2D eigenvalue weighted by atomic mass is 10.1. The Bertz CT molecular complexity index is 493. The van der Waals surface area contributed by atoms with Gasteiger partial charge in [-0.1, -0.05) is 0 Å². The molecule has 0 aromatic carbocycles. The smallest absolute Gasteiger partial charge is 0.312 e. The highest BCUT2D eigenvalue weighted by molar-refractivity contribution is 7.98. The van der Waals surface area contributed by atoms with E-state index in [0.717, 1.165) is 25.1 Å². The predicted octanol–water partition coefficient (Wildman–Crippen LogP) is 0.664. The molecule has 22 heavy (non-hydrogen) atoms. The van der Waals surface area contributed by atoms with Gasteiger partial charge in [-0.15, -0.1) is 0 Å². The number of amides is 3. The summed E-state index contributed by atoms with van der Waals surface area (Å²) >= 11 is 1.64. The van der Waals surface area contributed by atoms with E-state index in [-0.39, 0.29) is 11.9 Å². The molecule has 0 radical (unpaired) electrons. The maximum atomic E-state index is 12.7. The molecule has 3 amide bonds. The fourth-order valence-corrected chi connectivity index (χ4v) is 3.28. The molecule has 0 saturated carbocycles. The molecular weight excluding hydrogens is 302 g/mol. The third-order valence-electron chi connectivity index (χ3n) is 3.84. The maximum Gasteiger partial charge on any atom is 0.312 e. The molecule has 1 aromatic heterocycles. The van der Waals surface area contributed by atoms with Crippen LogP contribution in [0, 0.1) is 0 Å². The quantitative estimate of drug-likeness (QED) is 0.770. The number of nitrogens with one attached hydrogen (secondary N) is 1. The fourth-order valence-electron chi connectivity index (χ4n) is 2.80. The van der Waals surface area contributed by atoms with E-state index in [2.05, 4.69) is 10.4 Å². The molecule has 7 nitrogen and oxygen atoms in total. The van der Waals surface area contributed by atoms with Crippen LogP contribution in [0.4, 0.5) is 4.79 Å². The average molecular weight is 325 g/mol. The number of hydrogen-bond acceptors (Lipinski definition) is 4. The largest absolute Gasteiger partial charge is 0.352 e. The topological polar surface area (TPSA) is 93.2 Å². The van der Waals surface area contributed by atoms with E-state index in [1.165, 1.54) is 0 Å². The van der Waals surface area contributed by atoms with Crippen molar-refractivity contribution in [3.63, 3.8) is 0 Å². The van der Waals surface area contributed by atoms with Crippen molar-refractivity contribution in [1.82, 2.24) is 20.0 Å². The van der Waals surface area contributed by atoms with Gasteiger partial charge in [0.15, 0.2) is 0 Å². The van der Waals surface area contributed by atoms with E-state index in [0.29, 0.717) is 13.0 Å². The summed E-state index contributed by atoms with van der Waals surface area (Å²) in [7, 11) is 0. The van der Waals surface area contributed by atoms with Gasteiger partial charge in [0, 0.05) is 18.9 Å². The lowest BCUT2D eigenvalue weighted by molar-refractivity contribution is -0.134. The van der Waals surface area contributed by atoms with E-state index in [4.69, 9.17) is 5.73 Å². The number of hydrogen-bond donors (Lipinski definition) is 2. The van der Waals surface area contributed by atoms with Crippen LogP contribution in [0.5, 0.6) is 0 Å². The minimum atomic E-state index is -0.651. The van der Waals surface area contributed by atoms with Crippen LogP contribution in [0.2, 0.25) is 0 Å². The number of nitrogens with zero attached hydrogens (tertiary/aromatic N) is 3. The Labute approximate surface area is 134 Å². The first-order valence-electron chi connectivity index (χ1n) is 7.44. The third kappa shape index (κ3) is 4.40. The highest BCUT2D eigenvalue weighted by Crippen LogP contribution is 2.20. The second-order valence-electron chi connectivity index (χ2n) is 5.40. The van der Waals surface area contributed by atoms with Crippen LogP contribution in [-0.4, -0.2) is 57.3 Å². The highest BCUT2D eigenvalue weighted by Gasteiger charge is 2.33. The number of nitrogens with two attached hydrogens (primary N) is 1. The summed E-state index contributed by atoms with van der Waals surface area (Å²) in [6.45, 7) is 1.41. The molecule has 1 aliphatic heterocycles. The average Bonchev–Trinajstić information content (AvgIpc) is 3.14. The summed E-state index contributed by atoms with van der Waals surface area (Å²) in [6.07, 6.45) is 8.13. The second-order valence-corrected chi connectivity index (χ2v) is 6.38. The molecule has 3 N–H and O–H groups in total. The molecule has 1 fully saturated rings. The lowest BCUT2D eigenvalue weighted by Gasteiger charge is -2.29. The molecule has 2 atom stereocenters. The monoisotopic (exact) mass is 325 g/mol. The van der Waals surface area contributed by atoms with E-state index in [1.807, 2.05) is 28.1 Å². The first-order valence-corrected chi connectivity index (χ1v) is 8.84. The Morgan fingerprint density at radius 3 is 3.00 bits per heavy atom. The first-order chi connectivity index (χ1) is 10.6. The van der Waals surface area contributed by atoms with E-state index >= 15 is 0 Å². The van der Waals surface area contributed by atoms with Gasteiger partial charge in [0.1, 0.15) is 6.04 Å². The normalized spacial score (nSPS) is 19.1. The maximum absolute atomic E-state index is 12.7. The summed E-state index contributed by atoms with van der Waals surface area (Å²) in [5.41, 5.74) is 5.20. The number of urea groups is 1. The Morgan fingerprint density at radius 1 is 1.55 bits per heavy atom. The third-order valence-corrected chi connectivity index (χ3v) is 4.49. The Balaban J connectivity index is 2.01. The van der Waals surface area contributed by atoms with Crippen LogP contribution in [0.15, 0.2) is 18.5 Å². The summed E-state index contributed by atoms with van der Waals surface area (Å²) < 4.78 is 1.84. The van der Waals surface area contributed by atoms with Gasteiger partial charge < -0.3 is 16.0 Å². The zero-order chi connectivity index (χ0) is 15.9. The molecule has 2 unspecified atom stereocenters. The summed E-state index contributed by atoms with van der Waals surface area (Å²) in [5.74, 6) is 0.761. The van der Waals surface area contributed by atoms with E-state index < -0.39 is 12.1 Å². The Morgan fingerprint density at radius 2 is 2.36 bits per heavy atom. The van der Waals surface area contributed by atoms with Gasteiger partial charge in [-0.25, -0.2) is 4.79 Å². The van der Waals surface area contributed by atoms with Gasteiger partial charge in [-0.05, 0) is 37.3 Å².